The molecule has 0 bridgehead atoms. The van der Waals surface area contributed by atoms with Crippen molar-refractivity contribution in [3.05, 3.63) is 6.92 Å². The van der Waals surface area contributed by atoms with Crippen LogP contribution >= 0.6 is 0 Å². The molecule has 0 saturated heterocycles. The lowest BCUT2D eigenvalue weighted by Crippen LogP contribution is -2.14. The molecular weight excluding hydrogens is 100 g/mol. The van der Waals surface area contributed by atoms with Crippen LogP contribution in [0.3, 0.4) is 0 Å². The molecule has 1 atom stereocenters. The van der Waals surface area contributed by atoms with Gasteiger partial charge in [-0.05, 0) is 18.8 Å². The summed E-state index contributed by atoms with van der Waals surface area (Å²) in [5.74, 6) is 0. The maximum absolute atomic E-state index is 8.67. The predicted molar refractivity (Wildman–Crippen MR) is 34.4 cm³/mol. The molecule has 0 aliphatic carbocycles. The number of hydrogen-bond donors (Lipinski definition) is 1. The van der Waals surface area contributed by atoms with Crippen LogP contribution in [0, 0.1) is 12.3 Å². The summed E-state index contributed by atoms with van der Waals surface area (Å²) in [6.07, 6.45) is 0.00231. The molecule has 2 radical (unpaired) electrons. The molecule has 1 unspecified atom stereocenters. The molecule has 0 aromatic heterocycles. The number of rotatable bonds is 1. The van der Waals surface area contributed by atoms with E-state index in [-0.39, 0.29) is 5.41 Å². The van der Waals surface area contributed by atoms with E-state index in [1.54, 1.807) is 0 Å². The Labute approximate surface area is 51.7 Å². The summed E-state index contributed by atoms with van der Waals surface area (Å²) in [5.41, 5.74) is 0.147. The molecule has 1 N–H and O–H groups in total. The van der Waals surface area contributed by atoms with Crippen molar-refractivity contribution in [2.75, 3.05) is 0 Å². The monoisotopic (exact) mass is 114 g/mol. The highest BCUT2D eigenvalue weighted by atomic mass is 16.3. The molecule has 48 valence electrons. The van der Waals surface area contributed by atoms with Gasteiger partial charge in [-0.3, -0.25) is 0 Å². The molecule has 0 aliphatic rings. The second-order valence-corrected chi connectivity index (χ2v) is 3.33. The van der Waals surface area contributed by atoms with Crippen LogP contribution in [0.2, 0.25) is 0 Å². The molecule has 0 saturated carbocycles. The van der Waals surface area contributed by atoms with Crippen molar-refractivity contribution in [2.45, 2.75) is 33.3 Å². The van der Waals surface area contributed by atoms with Crippen molar-refractivity contribution in [3.8, 4) is 0 Å². The van der Waals surface area contributed by atoms with Crippen LogP contribution < -0.4 is 0 Å². The highest BCUT2D eigenvalue weighted by Gasteiger charge is 2.12. The summed E-state index contributed by atoms with van der Waals surface area (Å²) in [7, 11) is 0. The van der Waals surface area contributed by atoms with Gasteiger partial charge < -0.3 is 5.11 Å². The van der Waals surface area contributed by atoms with Gasteiger partial charge in [0.1, 0.15) is 0 Å². The van der Waals surface area contributed by atoms with E-state index < -0.39 is 6.10 Å². The van der Waals surface area contributed by atoms with Crippen LogP contribution in [0.4, 0.5) is 0 Å². The van der Waals surface area contributed by atoms with Crippen LogP contribution in [0.25, 0.3) is 0 Å². The minimum absolute atomic E-state index is 0.147. The normalized spacial score (nSPS) is 16.1. The third kappa shape index (κ3) is 5.96. The number of aliphatic hydroxyl groups is 1. The minimum Gasteiger partial charge on any atom is -0.393 e. The Balaban J connectivity index is 3.39. The zero-order valence-corrected chi connectivity index (χ0v) is 5.81. The van der Waals surface area contributed by atoms with Gasteiger partial charge in [0.2, 0.25) is 0 Å². The second kappa shape index (κ2) is 2.49. The lowest BCUT2D eigenvalue weighted by molar-refractivity contribution is 0.159. The molecule has 8 heavy (non-hydrogen) atoms. The average Bonchev–Trinajstić information content (AvgIpc) is 1.21. The van der Waals surface area contributed by atoms with Gasteiger partial charge in [-0.15, -0.1) is 0 Å². The molecule has 0 fully saturated rings. The first-order chi connectivity index (χ1) is 3.42. The Hall–Kier alpha value is -0.0400. The Bertz CT molecular complexity index is 59.3. The van der Waals surface area contributed by atoms with Gasteiger partial charge in [-0.25, -0.2) is 0 Å². The van der Waals surface area contributed by atoms with E-state index >= 15 is 0 Å². The lowest BCUT2D eigenvalue weighted by Gasteiger charge is -2.18. The van der Waals surface area contributed by atoms with Gasteiger partial charge >= 0.3 is 0 Å². The third-order valence-corrected chi connectivity index (χ3v) is 0.822. The van der Waals surface area contributed by atoms with E-state index in [0.29, 0.717) is 6.42 Å². The molecule has 0 aliphatic heterocycles. The summed E-state index contributed by atoms with van der Waals surface area (Å²) < 4.78 is 0. The quantitative estimate of drug-likeness (QED) is 0.547. The van der Waals surface area contributed by atoms with Crippen LogP contribution in [0.15, 0.2) is 0 Å². The van der Waals surface area contributed by atoms with E-state index in [9.17, 15) is 0 Å². The van der Waals surface area contributed by atoms with Gasteiger partial charge in [0.15, 0.2) is 0 Å². The Morgan fingerprint density at radius 2 is 1.88 bits per heavy atom. The minimum atomic E-state index is -0.657. The summed E-state index contributed by atoms with van der Waals surface area (Å²) >= 11 is 0. The lowest BCUT2D eigenvalue weighted by atomic mass is 9.90. The van der Waals surface area contributed by atoms with Crippen molar-refractivity contribution < 1.29 is 5.11 Å². The smallest absolute Gasteiger partial charge is 0.0580 e. The van der Waals surface area contributed by atoms with E-state index in [1.165, 1.54) is 0 Å². The van der Waals surface area contributed by atoms with Gasteiger partial charge in [-0.1, -0.05) is 20.8 Å². The summed E-state index contributed by atoms with van der Waals surface area (Å²) in [6, 6.07) is 0. The zero-order valence-electron chi connectivity index (χ0n) is 5.81. The summed E-state index contributed by atoms with van der Waals surface area (Å²) in [6.45, 7) is 11.3. The summed E-state index contributed by atoms with van der Waals surface area (Å²) in [5, 5.41) is 8.67. The van der Waals surface area contributed by atoms with E-state index in [4.69, 9.17) is 12.0 Å². The molecule has 0 amide bonds. The first-order valence-electron chi connectivity index (χ1n) is 2.85. The average molecular weight is 114 g/mol. The van der Waals surface area contributed by atoms with E-state index in [1.807, 2.05) is 20.8 Å². The third-order valence-electron chi connectivity index (χ3n) is 0.822. The maximum Gasteiger partial charge on any atom is 0.0580 e. The van der Waals surface area contributed by atoms with E-state index in [0.717, 1.165) is 0 Å². The fraction of sp³-hybridized carbons (Fsp3) is 0.857. The highest BCUT2D eigenvalue weighted by Crippen LogP contribution is 2.19. The topological polar surface area (TPSA) is 20.2 Å². The van der Waals surface area contributed by atoms with Gasteiger partial charge in [0.25, 0.3) is 0 Å². The zero-order chi connectivity index (χ0) is 6.78. The predicted octanol–water partition coefficient (Wildman–Crippen LogP) is 1.49. The molecule has 1 nitrogen and oxygen atoms in total. The first kappa shape index (κ1) is 7.96. The molecular formula is C7H14O. The highest BCUT2D eigenvalue weighted by molar-refractivity contribution is 4.68. The molecule has 0 rings (SSSR count). The SMILES string of the molecule is [CH]C(O)CC(C)(C)C. The fourth-order valence-corrected chi connectivity index (χ4v) is 0.627. The van der Waals surface area contributed by atoms with Crippen LogP contribution in [-0.4, -0.2) is 11.2 Å². The first-order valence-corrected chi connectivity index (χ1v) is 2.85. The molecule has 0 aromatic rings. The Morgan fingerprint density at radius 1 is 1.50 bits per heavy atom. The standard InChI is InChI=1S/C7H14O/c1-6(8)5-7(2,3)4/h1,6,8H,5H2,2-4H3. The molecule has 0 aromatic carbocycles. The molecule has 1 heteroatoms. The van der Waals surface area contributed by atoms with Gasteiger partial charge in [-0.2, -0.15) is 0 Å². The maximum atomic E-state index is 8.67. The molecule has 0 heterocycles. The Kier molecular flexibility index (Phi) is 2.48. The van der Waals surface area contributed by atoms with Crippen LogP contribution in [0.5, 0.6) is 0 Å². The second-order valence-electron chi connectivity index (χ2n) is 3.33. The van der Waals surface area contributed by atoms with Crippen LogP contribution in [-0.2, 0) is 0 Å². The molecule has 0 spiro atoms. The van der Waals surface area contributed by atoms with Crippen molar-refractivity contribution in [2.24, 2.45) is 5.41 Å². The van der Waals surface area contributed by atoms with Gasteiger partial charge in [0.05, 0.1) is 6.10 Å². The fourth-order valence-electron chi connectivity index (χ4n) is 0.627. The Morgan fingerprint density at radius 3 is 1.88 bits per heavy atom. The van der Waals surface area contributed by atoms with Crippen molar-refractivity contribution in [3.63, 3.8) is 0 Å². The number of hydrogen-bond acceptors (Lipinski definition) is 1. The summed E-state index contributed by atoms with van der Waals surface area (Å²) in [4.78, 5) is 0. The van der Waals surface area contributed by atoms with Crippen molar-refractivity contribution in [1.29, 1.82) is 0 Å². The van der Waals surface area contributed by atoms with Crippen LogP contribution in [0.1, 0.15) is 27.2 Å². The largest absolute Gasteiger partial charge is 0.393 e. The number of aliphatic hydroxyl groups excluding tert-OH is 1. The van der Waals surface area contributed by atoms with Crippen molar-refractivity contribution >= 4 is 0 Å². The van der Waals surface area contributed by atoms with Gasteiger partial charge in [0, 0.05) is 0 Å². The van der Waals surface area contributed by atoms with Crippen molar-refractivity contribution in [1.82, 2.24) is 0 Å². The van der Waals surface area contributed by atoms with E-state index in [2.05, 4.69) is 0 Å².